The molecule has 1 saturated carbocycles. The van der Waals surface area contributed by atoms with E-state index in [9.17, 15) is 9.90 Å². The minimum absolute atomic E-state index is 0.0186. The first-order valence-electron chi connectivity index (χ1n) is 8.50. The molecule has 8 heteroatoms. The molecule has 4 atom stereocenters. The zero-order valence-electron chi connectivity index (χ0n) is 14.2. The van der Waals surface area contributed by atoms with Crippen LogP contribution in [-0.2, 0) is 4.79 Å². The van der Waals surface area contributed by atoms with E-state index in [1.165, 1.54) is 11.8 Å². The van der Waals surface area contributed by atoms with Crippen LogP contribution in [0.4, 0.5) is 0 Å². The van der Waals surface area contributed by atoms with Crippen LogP contribution in [0.15, 0.2) is 18.2 Å². The van der Waals surface area contributed by atoms with Gasteiger partial charge in [0.2, 0.25) is 0 Å². The number of aliphatic hydroxyl groups excluding tert-OH is 1. The second kappa shape index (κ2) is 10.8. The van der Waals surface area contributed by atoms with Gasteiger partial charge < -0.3 is 10.2 Å². The summed E-state index contributed by atoms with van der Waals surface area (Å²) >= 11 is 19.7. The molecule has 144 valence electrons. The molecule has 0 aliphatic heterocycles. The summed E-state index contributed by atoms with van der Waals surface area (Å²) < 4.78 is 0. The summed E-state index contributed by atoms with van der Waals surface area (Å²) in [5.74, 6) is 0.359. The monoisotopic (exact) mass is 437 g/mol. The summed E-state index contributed by atoms with van der Waals surface area (Å²) in [7, 11) is 0. The first-order chi connectivity index (χ1) is 12.4. The number of carbonyl (C=O) groups is 1. The van der Waals surface area contributed by atoms with Gasteiger partial charge in [-0.25, -0.2) is 4.98 Å². The smallest absolute Gasteiger partial charge is 0.313 e. The van der Waals surface area contributed by atoms with Crippen LogP contribution >= 0.6 is 46.6 Å². The summed E-state index contributed by atoms with van der Waals surface area (Å²) in [4.78, 5) is 14.4. The number of carboxylic acids is 1. The minimum Gasteiger partial charge on any atom is -0.481 e. The lowest BCUT2D eigenvalue weighted by atomic mass is 9.89. The average Bonchev–Trinajstić information content (AvgIpc) is 2.81. The highest BCUT2D eigenvalue weighted by Crippen LogP contribution is 2.40. The van der Waals surface area contributed by atoms with E-state index in [0.29, 0.717) is 16.7 Å². The third-order valence-electron chi connectivity index (χ3n) is 4.47. The molecule has 0 amide bonds. The summed E-state index contributed by atoms with van der Waals surface area (Å²) in [6, 6.07) is 3.44. The molecular formula is C18H22Cl3NO3S. The Morgan fingerprint density at radius 3 is 2.65 bits per heavy atom. The fraction of sp³-hybridized carbons (Fsp3) is 0.556. The number of hydrogen-bond donors (Lipinski definition) is 2. The molecule has 1 aromatic rings. The van der Waals surface area contributed by atoms with E-state index in [2.05, 4.69) is 4.98 Å². The zero-order valence-corrected chi connectivity index (χ0v) is 17.2. The molecule has 0 radical (unpaired) electrons. The number of aromatic nitrogens is 1. The number of nitrogens with zero attached hydrogens (tertiary/aromatic N) is 1. The Bertz CT molecular complexity index is 624. The average molecular weight is 439 g/mol. The van der Waals surface area contributed by atoms with E-state index < -0.39 is 12.1 Å². The lowest BCUT2D eigenvalue weighted by Gasteiger charge is -2.20. The number of carboxylic acid groups (broad SMARTS) is 1. The van der Waals surface area contributed by atoms with E-state index >= 15 is 0 Å². The quantitative estimate of drug-likeness (QED) is 0.323. The molecule has 4 nitrogen and oxygen atoms in total. The van der Waals surface area contributed by atoms with E-state index in [1.807, 2.05) is 12.2 Å². The highest BCUT2D eigenvalue weighted by Gasteiger charge is 2.39. The van der Waals surface area contributed by atoms with Crippen molar-refractivity contribution in [2.75, 3.05) is 11.5 Å². The molecule has 0 bridgehead atoms. The van der Waals surface area contributed by atoms with Crippen molar-refractivity contribution in [2.45, 2.75) is 37.2 Å². The third-order valence-corrected chi connectivity index (χ3v) is 6.39. The SMILES string of the molecule is O=C(O)CSCCCC[C@@H]1[C@@H](/C=C/c2cc(Cl)nc(Cl)c2)[C@H](O)C[C@H]1Cl. The maximum atomic E-state index is 10.5. The Labute approximate surface area is 172 Å². The maximum Gasteiger partial charge on any atom is 0.313 e. The van der Waals surface area contributed by atoms with Crippen LogP contribution in [0.2, 0.25) is 10.3 Å². The summed E-state index contributed by atoms with van der Waals surface area (Å²) in [6.45, 7) is 0. The fourth-order valence-electron chi connectivity index (χ4n) is 3.28. The number of halogens is 3. The number of unbranched alkanes of at least 4 members (excludes halogenated alkanes) is 1. The molecule has 0 spiro atoms. The van der Waals surface area contributed by atoms with Crippen molar-refractivity contribution in [3.05, 3.63) is 34.1 Å². The van der Waals surface area contributed by atoms with E-state index in [0.717, 1.165) is 30.6 Å². The first-order valence-corrected chi connectivity index (χ1v) is 10.8. The first kappa shape index (κ1) is 21.8. The van der Waals surface area contributed by atoms with Crippen molar-refractivity contribution >= 4 is 58.6 Å². The van der Waals surface area contributed by atoms with E-state index in [-0.39, 0.29) is 23.0 Å². The van der Waals surface area contributed by atoms with Crippen LogP contribution in [0.3, 0.4) is 0 Å². The zero-order chi connectivity index (χ0) is 19.1. The Morgan fingerprint density at radius 2 is 2.00 bits per heavy atom. The van der Waals surface area contributed by atoms with Gasteiger partial charge in [0.1, 0.15) is 10.3 Å². The van der Waals surface area contributed by atoms with Gasteiger partial charge in [-0.1, -0.05) is 41.8 Å². The number of aliphatic carboxylic acids is 1. The standard InChI is InChI=1S/C18H22Cl3NO3S/c19-14-9-15(23)13(5-4-11-7-16(20)22-17(21)8-11)12(14)3-1-2-6-26-10-18(24)25/h4-5,7-8,12-15,23H,1-3,6,9-10H2,(H,24,25)/b5-4+/t12-,13-,14-,15-/m1/s1. The van der Waals surface area contributed by atoms with Gasteiger partial charge in [0.25, 0.3) is 0 Å². The van der Waals surface area contributed by atoms with Crippen LogP contribution in [0, 0.1) is 11.8 Å². The van der Waals surface area contributed by atoms with Crippen molar-refractivity contribution in [3.63, 3.8) is 0 Å². The Balaban J connectivity index is 1.90. The highest BCUT2D eigenvalue weighted by molar-refractivity contribution is 7.99. The Kier molecular flexibility index (Phi) is 9.04. The molecule has 2 N–H and O–H groups in total. The topological polar surface area (TPSA) is 70.4 Å². The van der Waals surface area contributed by atoms with Gasteiger partial charge in [-0.15, -0.1) is 11.6 Å². The van der Waals surface area contributed by atoms with Gasteiger partial charge >= 0.3 is 5.97 Å². The number of pyridine rings is 1. The minimum atomic E-state index is -0.781. The molecule has 0 saturated heterocycles. The molecule has 0 unspecified atom stereocenters. The predicted molar refractivity (Wildman–Crippen MR) is 109 cm³/mol. The molecule has 1 aliphatic rings. The van der Waals surface area contributed by atoms with Crippen molar-refractivity contribution < 1.29 is 15.0 Å². The van der Waals surface area contributed by atoms with Gasteiger partial charge in [0, 0.05) is 11.3 Å². The van der Waals surface area contributed by atoms with Crippen LogP contribution < -0.4 is 0 Å². The molecule has 1 fully saturated rings. The third kappa shape index (κ3) is 6.93. The molecular weight excluding hydrogens is 417 g/mol. The maximum absolute atomic E-state index is 10.5. The van der Waals surface area contributed by atoms with E-state index in [1.54, 1.807) is 12.1 Å². The van der Waals surface area contributed by atoms with E-state index in [4.69, 9.17) is 39.9 Å². The molecule has 2 rings (SSSR count). The lowest BCUT2D eigenvalue weighted by Crippen LogP contribution is -2.18. The second-order valence-electron chi connectivity index (χ2n) is 6.41. The van der Waals surface area contributed by atoms with Crippen LogP contribution in [0.5, 0.6) is 0 Å². The summed E-state index contributed by atoms with van der Waals surface area (Å²) in [5.41, 5.74) is 0.837. The number of aliphatic hydroxyl groups is 1. The molecule has 1 heterocycles. The van der Waals surface area contributed by atoms with Gasteiger partial charge in [-0.2, -0.15) is 11.8 Å². The molecule has 1 aliphatic carbocycles. The van der Waals surface area contributed by atoms with Crippen molar-refractivity contribution in [2.24, 2.45) is 11.8 Å². The number of thioether (sulfide) groups is 1. The van der Waals surface area contributed by atoms with Crippen molar-refractivity contribution in [1.82, 2.24) is 4.98 Å². The Morgan fingerprint density at radius 1 is 1.31 bits per heavy atom. The largest absolute Gasteiger partial charge is 0.481 e. The van der Waals surface area contributed by atoms with Crippen LogP contribution in [-0.4, -0.2) is 44.2 Å². The predicted octanol–water partition coefficient (Wildman–Crippen LogP) is 4.99. The number of hydrogen-bond acceptors (Lipinski definition) is 4. The van der Waals surface area contributed by atoms with Crippen molar-refractivity contribution in [3.8, 4) is 0 Å². The van der Waals surface area contributed by atoms with Crippen LogP contribution in [0.25, 0.3) is 6.08 Å². The fourth-order valence-corrected chi connectivity index (χ4v) is 4.96. The van der Waals surface area contributed by atoms with Gasteiger partial charge in [0.05, 0.1) is 11.9 Å². The summed E-state index contributed by atoms with van der Waals surface area (Å²) in [6.07, 6.45) is 6.81. The van der Waals surface area contributed by atoms with Gasteiger partial charge in [-0.3, -0.25) is 4.79 Å². The number of rotatable bonds is 9. The normalized spacial score (nSPS) is 25.8. The molecule has 0 aromatic carbocycles. The van der Waals surface area contributed by atoms with Crippen LogP contribution in [0.1, 0.15) is 31.2 Å². The highest BCUT2D eigenvalue weighted by atomic mass is 35.5. The Hall–Kier alpha value is -0.460. The number of alkyl halides is 1. The van der Waals surface area contributed by atoms with Crippen molar-refractivity contribution in [1.29, 1.82) is 0 Å². The summed E-state index contributed by atoms with van der Waals surface area (Å²) in [5, 5.41) is 19.6. The molecule has 26 heavy (non-hydrogen) atoms. The molecule has 1 aromatic heterocycles. The lowest BCUT2D eigenvalue weighted by molar-refractivity contribution is -0.133. The van der Waals surface area contributed by atoms with Gasteiger partial charge in [-0.05, 0) is 48.6 Å². The second-order valence-corrected chi connectivity index (χ2v) is 8.85. The van der Waals surface area contributed by atoms with Gasteiger partial charge in [0.15, 0.2) is 0 Å².